The minimum atomic E-state index is -0.210. The summed E-state index contributed by atoms with van der Waals surface area (Å²) in [4.78, 5) is 12.9. The van der Waals surface area contributed by atoms with Gasteiger partial charge in [-0.2, -0.15) is 5.10 Å². The van der Waals surface area contributed by atoms with Gasteiger partial charge in [0.15, 0.2) is 0 Å². The first-order valence-electron chi connectivity index (χ1n) is 8.93. The third kappa shape index (κ3) is 3.55. The molecule has 0 fully saturated rings. The zero-order valence-electron chi connectivity index (χ0n) is 15.0. The lowest BCUT2D eigenvalue weighted by Gasteiger charge is -2.26. The van der Waals surface area contributed by atoms with E-state index < -0.39 is 0 Å². The van der Waals surface area contributed by atoms with Crippen molar-refractivity contribution >= 4 is 17.5 Å². The molecule has 0 radical (unpaired) electrons. The Hall–Kier alpha value is -2.79. The molecule has 0 unspecified atom stereocenters. The number of fused-ring (bicyclic) bond motifs is 1. The number of aryl methyl sites for hydroxylation is 1. The second-order valence-corrected chi connectivity index (χ2v) is 6.95. The number of rotatable bonds is 4. The van der Waals surface area contributed by atoms with Crippen molar-refractivity contribution in [2.45, 2.75) is 25.9 Å². The highest BCUT2D eigenvalue weighted by Gasteiger charge is 2.26. The molecule has 2 heterocycles. The molecule has 1 atom stereocenters. The molecule has 5 nitrogen and oxygen atoms in total. The summed E-state index contributed by atoms with van der Waals surface area (Å²) in [6.07, 6.45) is 0.720. The SMILES string of the molecule is Cc1nn(Cc2ccccc2)c(Cl)c1C(=O)N[C@@H]1CCOc2ccccc21. The van der Waals surface area contributed by atoms with Gasteiger partial charge in [-0.15, -0.1) is 0 Å². The minimum absolute atomic E-state index is 0.101. The van der Waals surface area contributed by atoms with Crippen LogP contribution >= 0.6 is 11.6 Å². The van der Waals surface area contributed by atoms with Crippen LogP contribution in [0.2, 0.25) is 5.15 Å². The topological polar surface area (TPSA) is 56.2 Å². The third-order valence-corrected chi connectivity index (χ3v) is 5.12. The van der Waals surface area contributed by atoms with Crippen LogP contribution in [0.25, 0.3) is 0 Å². The molecule has 0 aliphatic carbocycles. The summed E-state index contributed by atoms with van der Waals surface area (Å²) in [6.45, 7) is 2.90. The number of carbonyl (C=O) groups is 1. The van der Waals surface area contributed by atoms with Crippen LogP contribution in [-0.2, 0) is 6.54 Å². The van der Waals surface area contributed by atoms with E-state index in [1.165, 1.54) is 0 Å². The van der Waals surface area contributed by atoms with Crippen LogP contribution < -0.4 is 10.1 Å². The number of hydrogen-bond donors (Lipinski definition) is 1. The average molecular weight is 382 g/mol. The van der Waals surface area contributed by atoms with E-state index in [0.29, 0.717) is 29.6 Å². The van der Waals surface area contributed by atoms with E-state index in [0.717, 1.165) is 23.3 Å². The Balaban J connectivity index is 1.56. The van der Waals surface area contributed by atoms with Crippen LogP contribution in [0.1, 0.15) is 39.6 Å². The standard InChI is InChI=1S/C21H20ClN3O2/c1-14-19(20(22)25(24-14)13-15-7-3-2-4-8-15)21(26)23-17-11-12-27-18-10-6-5-9-16(17)18/h2-10,17H,11-13H2,1H3,(H,23,26)/t17-/m1/s1. The molecule has 1 amide bonds. The van der Waals surface area contributed by atoms with Gasteiger partial charge in [0, 0.05) is 12.0 Å². The molecule has 0 spiro atoms. The monoisotopic (exact) mass is 381 g/mol. The molecule has 0 saturated heterocycles. The van der Waals surface area contributed by atoms with Gasteiger partial charge >= 0.3 is 0 Å². The molecule has 0 saturated carbocycles. The second-order valence-electron chi connectivity index (χ2n) is 6.60. The molecule has 1 aliphatic heterocycles. The van der Waals surface area contributed by atoms with Gasteiger partial charge in [0.05, 0.1) is 30.5 Å². The second kappa shape index (κ2) is 7.45. The fourth-order valence-electron chi connectivity index (χ4n) is 3.39. The molecule has 0 bridgehead atoms. The Labute approximate surface area is 162 Å². The molecule has 1 aliphatic rings. The van der Waals surface area contributed by atoms with Gasteiger partial charge in [0.1, 0.15) is 10.9 Å². The summed E-state index contributed by atoms with van der Waals surface area (Å²) in [7, 11) is 0. The van der Waals surface area contributed by atoms with Crippen LogP contribution in [0.3, 0.4) is 0 Å². The van der Waals surface area contributed by atoms with E-state index in [9.17, 15) is 4.79 Å². The maximum absolute atomic E-state index is 12.9. The first-order valence-corrected chi connectivity index (χ1v) is 9.30. The maximum Gasteiger partial charge on any atom is 0.256 e. The Bertz CT molecular complexity index is 969. The first kappa shape index (κ1) is 17.6. The fraction of sp³-hybridized carbons (Fsp3) is 0.238. The Kier molecular flexibility index (Phi) is 4.86. The van der Waals surface area contributed by atoms with E-state index in [1.54, 1.807) is 11.6 Å². The van der Waals surface area contributed by atoms with Crippen LogP contribution in [-0.4, -0.2) is 22.3 Å². The normalized spacial score (nSPS) is 15.7. The fourth-order valence-corrected chi connectivity index (χ4v) is 3.71. The third-order valence-electron chi connectivity index (χ3n) is 4.73. The molecular formula is C21H20ClN3O2. The van der Waals surface area contributed by atoms with E-state index in [-0.39, 0.29) is 11.9 Å². The van der Waals surface area contributed by atoms with Gasteiger partial charge in [0.2, 0.25) is 0 Å². The number of hydrogen-bond acceptors (Lipinski definition) is 3. The quantitative estimate of drug-likeness (QED) is 0.738. The predicted octanol–water partition coefficient (Wildman–Crippen LogP) is 4.15. The molecule has 1 aromatic heterocycles. The Morgan fingerprint density at radius 3 is 2.78 bits per heavy atom. The zero-order valence-corrected chi connectivity index (χ0v) is 15.7. The molecule has 2 aromatic carbocycles. The van der Waals surface area contributed by atoms with Crippen LogP contribution in [0.15, 0.2) is 54.6 Å². The summed E-state index contributed by atoms with van der Waals surface area (Å²) in [5.41, 5.74) is 3.11. The van der Waals surface area contributed by atoms with Crippen molar-refractivity contribution in [3.8, 4) is 5.75 Å². The Morgan fingerprint density at radius 1 is 1.22 bits per heavy atom. The number of benzene rings is 2. The van der Waals surface area contributed by atoms with E-state index in [4.69, 9.17) is 16.3 Å². The summed E-state index contributed by atoms with van der Waals surface area (Å²) in [5.74, 6) is 0.607. The summed E-state index contributed by atoms with van der Waals surface area (Å²) >= 11 is 6.51. The number of aromatic nitrogens is 2. The van der Waals surface area contributed by atoms with Gasteiger partial charge in [-0.3, -0.25) is 4.79 Å². The van der Waals surface area contributed by atoms with Crippen LogP contribution in [0, 0.1) is 6.92 Å². The molecular weight excluding hydrogens is 362 g/mol. The lowest BCUT2D eigenvalue weighted by molar-refractivity contribution is 0.0924. The highest BCUT2D eigenvalue weighted by atomic mass is 35.5. The Morgan fingerprint density at radius 2 is 1.96 bits per heavy atom. The molecule has 138 valence electrons. The lowest BCUT2D eigenvalue weighted by Crippen LogP contribution is -2.32. The average Bonchev–Trinajstić information content (AvgIpc) is 2.96. The van der Waals surface area contributed by atoms with Gasteiger partial charge < -0.3 is 10.1 Å². The largest absolute Gasteiger partial charge is 0.493 e. The minimum Gasteiger partial charge on any atom is -0.493 e. The van der Waals surface area contributed by atoms with Gasteiger partial charge in [-0.25, -0.2) is 4.68 Å². The highest BCUT2D eigenvalue weighted by Crippen LogP contribution is 2.32. The van der Waals surface area contributed by atoms with Crippen molar-refractivity contribution in [1.29, 1.82) is 0 Å². The van der Waals surface area contributed by atoms with Gasteiger partial charge in [0.25, 0.3) is 5.91 Å². The van der Waals surface area contributed by atoms with Crippen molar-refractivity contribution in [1.82, 2.24) is 15.1 Å². The number of carbonyl (C=O) groups excluding carboxylic acids is 1. The molecule has 27 heavy (non-hydrogen) atoms. The lowest BCUT2D eigenvalue weighted by atomic mass is 10.0. The number of nitrogens with zero attached hydrogens (tertiary/aromatic N) is 2. The molecule has 6 heteroatoms. The molecule has 3 aromatic rings. The van der Waals surface area contributed by atoms with Crippen LogP contribution in [0.4, 0.5) is 0 Å². The van der Waals surface area contributed by atoms with Crippen molar-refractivity contribution < 1.29 is 9.53 Å². The molecule has 4 rings (SSSR count). The first-order chi connectivity index (χ1) is 13.1. The van der Waals surface area contributed by atoms with Crippen molar-refractivity contribution in [3.63, 3.8) is 0 Å². The van der Waals surface area contributed by atoms with Crippen molar-refractivity contribution in [2.75, 3.05) is 6.61 Å². The van der Waals surface area contributed by atoms with E-state index >= 15 is 0 Å². The van der Waals surface area contributed by atoms with Gasteiger partial charge in [-0.1, -0.05) is 60.1 Å². The summed E-state index contributed by atoms with van der Waals surface area (Å²) in [6, 6.07) is 17.6. The van der Waals surface area contributed by atoms with Gasteiger partial charge in [-0.05, 0) is 18.6 Å². The number of para-hydroxylation sites is 1. The summed E-state index contributed by atoms with van der Waals surface area (Å²) < 4.78 is 7.33. The number of nitrogens with one attached hydrogen (secondary N) is 1. The zero-order chi connectivity index (χ0) is 18.8. The smallest absolute Gasteiger partial charge is 0.256 e. The molecule has 1 N–H and O–H groups in total. The number of ether oxygens (including phenoxy) is 1. The van der Waals surface area contributed by atoms with Crippen molar-refractivity contribution in [3.05, 3.63) is 82.1 Å². The number of amides is 1. The van der Waals surface area contributed by atoms with Crippen LogP contribution in [0.5, 0.6) is 5.75 Å². The maximum atomic E-state index is 12.9. The van der Waals surface area contributed by atoms with E-state index in [2.05, 4.69) is 10.4 Å². The van der Waals surface area contributed by atoms with E-state index in [1.807, 2.05) is 54.6 Å². The predicted molar refractivity (Wildman–Crippen MR) is 104 cm³/mol. The van der Waals surface area contributed by atoms with Crippen molar-refractivity contribution in [2.24, 2.45) is 0 Å². The number of halogens is 1. The highest BCUT2D eigenvalue weighted by molar-refractivity contribution is 6.33. The summed E-state index contributed by atoms with van der Waals surface area (Å²) in [5, 5.41) is 7.91.